The minimum atomic E-state index is -0.252. The quantitative estimate of drug-likeness (QED) is 0.639. The highest BCUT2D eigenvalue weighted by atomic mass is 35.5. The summed E-state index contributed by atoms with van der Waals surface area (Å²) >= 11 is 6.30. The van der Waals surface area contributed by atoms with Crippen LogP contribution in [0.2, 0.25) is 5.02 Å². The molecule has 0 saturated heterocycles. The van der Waals surface area contributed by atoms with Crippen molar-refractivity contribution < 1.29 is 4.79 Å². The van der Waals surface area contributed by atoms with Crippen LogP contribution in [0.3, 0.4) is 0 Å². The predicted molar refractivity (Wildman–Crippen MR) is 110 cm³/mol. The fourth-order valence-corrected chi connectivity index (χ4v) is 3.21. The highest BCUT2D eigenvalue weighted by Crippen LogP contribution is 2.29. The van der Waals surface area contributed by atoms with E-state index in [-0.39, 0.29) is 5.91 Å². The normalized spacial score (nSPS) is 10.6. The Bertz CT molecular complexity index is 977. The first-order valence-corrected chi connectivity index (χ1v) is 8.95. The first kappa shape index (κ1) is 18.9. The zero-order valence-electron chi connectivity index (χ0n) is 15.7. The molecular formula is C21H21ClN4O. The number of anilines is 3. The molecule has 1 heterocycles. The SMILES string of the molecule is Cc1ccc(NC(=O)c2cnc(Nc3c(C)cc(C)cc3Cl)nc2)c(C)c1. The molecule has 0 saturated carbocycles. The number of benzene rings is 2. The number of carbonyl (C=O) groups excluding carboxylic acids is 1. The van der Waals surface area contributed by atoms with Crippen molar-refractivity contribution in [2.24, 2.45) is 0 Å². The second-order valence-corrected chi connectivity index (χ2v) is 7.04. The topological polar surface area (TPSA) is 66.9 Å². The highest BCUT2D eigenvalue weighted by Gasteiger charge is 2.11. The standard InChI is InChI=1S/C21H21ClN4O/c1-12-5-6-18(14(3)7-12)25-20(27)16-10-23-21(24-11-16)26-19-15(4)8-13(2)9-17(19)22/h5-11H,1-4H3,(H,25,27)(H,23,24,26). The number of rotatable bonds is 4. The lowest BCUT2D eigenvalue weighted by Gasteiger charge is -2.12. The van der Waals surface area contributed by atoms with Gasteiger partial charge in [-0.05, 0) is 56.5 Å². The molecule has 138 valence electrons. The molecule has 2 N–H and O–H groups in total. The van der Waals surface area contributed by atoms with E-state index in [1.165, 1.54) is 12.4 Å². The summed E-state index contributed by atoms with van der Waals surface area (Å²) in [7, 11) is 0. The van der Waals surface area contributed by atoms with E-state index in [4.69, 9.17) is 11.6 Å². The van der Waals surface area contributed by atoms with Crippen LogP contribution in [0.15, 0.2) is 42.7 Å². The maximum absolute atomic E-state index is 12.4. The van der Waals surface area contributed by atoms with E-state index in [0.29, 0.717) is 16.5 Å². The zero-order chi connectivity index (χ0) is 19.6. The molecule has 6 heteroatoms. The lowest BCUT2D eigenvalue weighted by Crippen LogP contribution is -2.14. The van der Waals surface area contributed by atoms with Crippen molar-refractivity contribution in [3.8, 4) is 0 Å². The van der Waals surface area contributed by atoms with Gasteiger partial charge in [-0.15, -0.1) is 0 Å². The van der Waals surface area contributed by atoms with Crippen LogP contribution in [0.25, 0.3) is 0 Å². The van der Waals surface area contributed by atoms with Crippen LogP contribution in [0.5, 0.6) is 0 Å². The molecule has 5 nitrogen and oxygen atoms in total. The summed E-state index contributed by atoms with van der Waals surface area (Å²) in [5.41, 5.74) is 6.15. The van der Waals surface area contributed by atoms with Gasteiger partial charge < -0.3 is 10.6 Å². The Morgan fingerprint density at radius 1 is 0.926 bits per heavy atom. The van der Waals surface area contributed by atoms with Crippen molar-refractivity contribution >= 4 is 34.8 Å². The molecule has 0 aliphatic rings. The predicted octanol–water partition coefficient (Wildman–Crippen LogP) is 5.36. The molecule has 0 aliphatic carbocycles. The lowest BCUT2D eigenvalue weighted by molar-refractivity contribution is 0.102. The Balaban J connectivity index is 1.74. The number of carbonyl (C=O) groups is 1. The Labute approximate surface area is 163 Å². The van der Waals surface area contributed by atoms with E-state index in [1.54, 1.807) is 0 Å². The van der Waals surface area contributed by atoms with E-state index >= 15 is 0 Å². The number of aryl methyl sites for hydroxylation is 4. The summed E-state index contributed by atoms with van der Waals surface area (Å²) in [5, 5.41) is 6.60. The van der Waals surface area contributed by atoms with Crippen molar-refractivity contribution in [1.29, 1.82) is 0 Å². The van der Waals surface area contributed by atoms with Crippen LogP contribution >= 0.6 is 11.6 Å². The molecule has 0 aliphatic heterocycles. The van der Waals surface area contributed by atoms with Crippen LogP contribution < -0.4 is 10.6 Å². The Morgan fingerprint density at radius 2 is 1.59 bits per heavy atom. The molecule has 3 aromatic rings. The van der Waals surface area contributed by atoms with E-state index in [2.05, 4.69) is 20.6 Å². The van der Waals surface area contributed by atoms with Gasteiger partial charge in [-0.1, -0.05) is 35.4 Å². The first-order valence-electron chi connectivity index (χ1n) is 8.58. The number of hydrogen-bond donors (Lipinski definition) is 2. The molecule has 0 spiro atoms. The summed E-state index contributed by atoms with van der Waals surface area (Å²) in [6, 6.07) is 9.77. The second-order valence-electron chi connectivity index (χ2n) is 6.63. The summed E-state index contributed by atoms with van der Waals surface area (Å²) in [4.78, 5) is 20.9. The number of hydrogen-bond acceptors (Lipinski definition) is 4. The molecule has 0 unspecified atom stereocenters. The van der Waals surface area contributed by atoms with Crippen LogP contribution in [-0.4, -0.2) is 15.9 Å². The van der Waals surface area contributed by atoms with Crippen molar-refractivity contribution in [3.63, 3.8) is 0 Å². The summed E-state index contributed by atoms with van der Waals surface area (Å²) in [6.07, 6.45) is 2.98. The third-order valence-electron chi connectivity index (χ3n) is 4.21. The van der Waals surface area contributed by atoms with Gasteiger partial charge in [0.15, 0.2) is 0 Å². The average Bonchev–Trinajstić information content (AvgIpc) is 2.61. The maximum Gasteiger partial charge on any atom is 0.258 e. The molecule has 2 aromatic carbocycles. The van der Waals surface area contributed by atoms with Gasteiger partial charge >= 0.3 is 0 Å². The average molecular weight is 381 g/mol. The van der Waals surface area contributed by atoms with Gasteiger partial charge in [0.25, 0.3) is 5.91 Å². The van der Waals surface area contributed by atoms with E-state index in [0.717, 1.165) is 33.6 Å². The fraction of sp³-hybridized carbons (Fsp3) is 0.190. The molecule has 27 heavy (non-hydrogen) atoms. The van der Waals surface area contributed by atoms with Gasteiger partial charge in [-0.3, -0.25) is 4.79 Å². The number of aromatic nitrogens is 2. The monoisotopic (exact) mass is 380 g/mol. The summed E-state index contributed by atoms with van der Waals surface area (Å²) < 4.78 is 0. The van der Waals surface area contributed by atoms with Gasteiger partial charge in [0.2, 0.25) is 5.95 Å². The molecule has 1 aromatic heterocycles. The van der Waals surface area contributed by atoms with E-state index in [9.17, 15) is 4.79 Å². The Hall–Kier alpha value is -2.92. The largest absolute Gasteiger partial charge is 0.323 e. The Morgan fingerprint density at radius 3 is 2.22 bits per heavy atom. The molecule has 1 amide bonds. The van der Waals surface area contributed by atoms with Crippen LogP contribution in [0, 0.1) is 27.7 Å². The van der Waals surface area contributed by atoms with Crippen molar-refractivity contribution in [2.75, 3.05) is 10.6 Å². The second kappa shape index (κ2) is 7.76. The van der Waals surface area contributed by atoms with Crippen molar-refractivity contribution in [1.82, 2.24) is 9.97 Å². The number of amides is 1. The molecule has 0 atom stereocenters. The van der Waals surface area contributed by atoms with Gasteiger partial charge in [0.05, 0.1) is 16.3 Å². The number of nitrogens with zero attached hydrogens (tertiary/aromatic N) is 2. The minimum Gasteiger partial charge on any atom is -0.323 e. The van der Waals surface area contributed by atoms with Crippen LogP contribution in [0.1, 0.15) is 32.6 Å². The zero-order valence-corrected chi connectivity index (χ0v) is 16.5. The van der Waals surface area contributed by atoms with Gasteiger partial charge in [0, 0.05) is 18.1 Å². The lowest BCUT2D eigenvalue weighted by atomic mass is 10.1. The molecule has 0 bridgehead atoms. The van der Waals surface area contributed by atoms with E-state index < -0.39 is 0 Å². The maximum atomic E-state index is 12.4. The highest BCUT2D eigenvalue weighted by molar-refractivity contribution is 6.33. The first-order chi connectivity index (χ1) is 12.8. The molecular weight excluding hydrogens is 360 g/mol. The number of halogens is 1. The van der Waals surface area contributed by atoms with Crippen molar-refractivity contribution in [2.45, 2.75) is 27.7 Å². The van der Waals surface area contributed by atoms with Gasteiger partial charge in [-0.25, -0.2) is 9.97 Å². The van der Waals surface area contributed by atoms with Gasteiger partial charge in [0.1, 0.15) is 0 Å². The smallest absolute Gasteiger partial charge is 0.258 e. The van der Waals surface area contributed by atoms with Gasteiger partial charge in [-0.2, -0.15) is 0 Å². The minimum absolute atomic E-state index is 0.252. The summed E-state index contributed by atoms with van der Waals surface area (Å²) in [5.74, 6) is 0.130. The van der Waals surface area contributed by atoms with Crippen molar-refractivity contribution in [3.05, 3.63) is 75.6 Å². The molecule has 0 fully saturated rings. The van der Waals surface area contributed by atoms with Crippen LogP contribution in [0.4, 0.5) is 17.3 Å². The van der Waals surface area contributed by atoms with Crippen LogP contribution in [-0.2, 0) is 0 Å². The number of nitrogens with one attached hydrogen (secondary N) is 2. The summed E-state index contributed by atoms with van der Waals surface area (Å²) in [6.45, 7) is 7.93. The third-order valence-corrected chi connectivity index (χ3v) is 4.51. The molecule has 0 radical (unpaired) electrons. The van der Waals surface area contributed by atoms with E-state index in [1.807, 2.05) is 58.0 Å². The molecule has 3 rings (SSSR count). The Kier molecular flexibility index (Phi) is 5.42. The third kappa shape index (κ3) is 4.44. The fourth-order valence-electron chi connectivity index (χ4n) is 2.84.